The van der Waals surface area contributed by atoms with Gasteiger partial charge in [0.1, 0.15) is 11.2 Å². The lowest BCUT2D eigenvalue weighted by Gasteiger charge is -2.05. The minimum absolute atomic E-state index is 0.0159. The smallest absolute Gasteiger partial charge is 0.335 e. The van der Waals surface area contributed by atoms with Crippen molar-refractivity contribution >= 4 is 17.0 Å². The molecule has 0 amide bonds. The van der Waals surface area contributed by atoms with E-state index >= 15 is 0 Å². The number of para-hydroxylation sites is 1. The van der Waals surface area contributed by atoms with Crippen molar-refractivity contribution < 1.29 is 18.7 Å². The van der Waals surface area contributed by atoms with Crippen molar-refractivity contribution in [2.45, 2.75) is 0 Å². The van der Waals surface area contributed by atoms with Gasteiger partial charge in [0.25, 0.3) is 0 Å². The minimum Gasteiger partial charge on any atom is -0.478 e. The molecule has 3 rings (SSSR count). The van der Waals surface area contributed by atoms with Crippen LogP contribution in [0.25, 0.3) is 16.7 Å². The number of benzene rings is 2. The van der Waals surface area contributed by atoms with Crippen LogP contribution in [0, 0.1) is 11.6 Å². The number of halogens is 2. The number of carboxylic acid groups (broad SMARTS) is 1. The predicted octanol–water partition coefficient (Wildman–Crippen LogP) is 2.40. The van der Waals surface area contributed by atoms with Gasteiger partial charge in [-0.15, -0.1) is 5.10 Å². The molecule has 0 aliphatic rings. The van der Waals surface area contributed by atoms with Crippen LogP contribution in [0.15, 0.2) is 36.4 Å². The van der Waals surface area contributed by atoms with Crippen LogP contribution in [0.3, 0.4) is 0 Å². The van der Waals surface area contributed by atoms with E-state index in [1.54, 1.807) is 0 Å². The molecule has 0 aliphatic heterocycles. The van der Waals surface area contributed by atoms with E-state index in [-0.39, 0.29) is 11.1 Å². The lowest BCUT2D eigenvalue weighted by molar-refractivity contribution is 0.0697. The molecule has 100 valence electrons. The molecule has 0 aliphatic carbocycles. The van der Waals surface area contributed by atoms with Gasteiger partial charge in [-0.25, -0.2) is 18.3 Å². The topological polar surface area (TPSA) is 68.0 Å². The van der Waals surface area contributed by atoms with E-state index in [0.29, 0.717) is 5.52 Å². The van der Waals surface area contributed by atoms with Gasteiger partial charge in [0.2, 0.25) is 0 Å². The van der Waals surface area contributed by atoms with Crippen LogP contribution in [-0.4, -0.2) is 26.1 Å². The predicted molar refractivity (Wildman–Crippen MR) is 65.7 cm³/mol. The molecule has 1 aromatic heterocycles. The van der Waals surface area contributed by atoms with Gasteiger partial charge in [0, 0.05) is 0 Å². The quantitative estimate of drug-likeness (QED) is 0.779. The van der Waals surface area contributed by atoms with Crippen LogP contribution in [0.2, 0.25) is 0 Å². The SMILES string of the molecule is O=C(O)c1ccc2nnn(-c3c(F)cccc3F)c2c1. The number of hydrogen-bond acceptors (Lipinski definition) is 3. The lowest BCUT2D eigenvalue weighted by Crippen LogP contribution is -2.04. The third kappa shape index (κ3) is 1.80. The molecule has 1 N–H and O–H groups in total. The summed E-state index contributed by atoms with van der Waals surface area (Å²) in [6.45, 7) is 0. The first kappa shape index (κ1) is 12.2. The van der Waals surface area contributed by atoms with Gasteiger partial charge in [-0.05, 0) is 30.3 Å². The average Bonchev–Trinajstić information content (AvgIpc) is 2.81. The molecule has 7 heteroatoms. The number of nitrogens with zero attached hydrogens (tertiary/aromatic N) is 3. The van der Waals surface area contributed by atoms with Crippen LogP contribution in [0.5, 0.6) is 0 Å². The fourth-order valence-corrected chi connectivity index (χ4v) is 1.91. The maximum atomic E-state index is 13.8. The van der Waals surface area contributed by atoms with Gasteiger partial charge in [0.15, 0.2) is 11.6 Å². The Bertz CT molecular complexity index is 809. The number of aromatic carboxylic acids is 1. The minimum atomic E-state index is -1.14. The first-order valence-corrected chi connectivity index (χ1v) is 5.61. The Morgan fingerprint density at radius 3 is 2.50 bits per heavy atom. The highest BCUT2D eigenvalue weighted by Crippen LogP contribution is 2.22. The summed E-state index contributed by atoms with van der Waals surface area (Å²) in [4.78, 5) is 10.9. The second-order valence-electron chi connectivity index (χ2n) is 4.08. The van der Waals surface area contributed by atoms with Crippen molar-refractivity contribution in [2.24, 2.45) is 0 Å². The number of aromatic nitrogens is 3. The van der Waals surface area contributed by atoms with Crippen molar-refractivity contribution in [1.82, 2.24) is 15.0 Å². The maximum absolute atomic E-state index is 13.8. The van der Waals surface area contributed by atoms with Gasteiger partial charge < -0.3 is 5.11 Å². The second-order valence-corrected chi connectivity index (χ2v) is 4.08. The summed E-state index contributed by atoms with van der Waals surface area (Å²) in [6, 6.07) is 7.46. The molecule has 2 aromatic carbocycles. The van der Waals surface area contributed by atoms with E-state index in [1.807, 2.05) is 0 Å². The van der Waals surface area contributed by atoms with E-state index in [4.69, 9.17) is 5.11 Å². The molecule has 0 fully saturated rings. The van der Waals surface area contributed by atoms with Crippen molar-refractivity contribution in [2.75, 3.05) is 0 Å². The Kier molecular flexibility index (Phi) is 2.67. The summed E-state index contributed by atoms with van der Waals surface area (Å²) in [5.74, 6) is -2.76. The van der Waals surface area contributed by atoms with Gasteiger partial charge >= 0.3 is 5.97 Å². The Hall–Kier alpha value is -2.83. The number of carbonyl (C=O) groups is 1. The molecular weight excluding hydrogens is 268 g/mol. The number of carboxylic acids is 1. The third-order valence-electron chi connectivity index (χ3n) is 2.84. The molecule has 20 heavy (non-hydrogen) atoms. The highest BCUT2D eigenvalue weighted by atomic mass is 19.1. The summed E-state index contributed by atoms with van der Waals surface area (Å²) in [5.41, 5.74) is 0.155. The normalized spacial score (nSPS) is 10.9. The molecule has 1 heterocycles. The summed E-state index contributed by atoms with van der Waals surface area (Å²) in [6.07, 6.45) is 0. The van der Waals surface area contributed by atoms with E-state index in [2.05, 4.69) is 10.3 Å². The molecule has 0 saturated carbocycles. The number of hydrogen-bond donors (Lipinski definition) is 1. The van der Waals surface area contributed by atoms with Crippen LogP contribution in [-0.2, 0) is 0 Å². The summed E-state index contributed by atoms with van der Waals surface area (Å²) >= 11 is 0. The van der Waals surface area contributed by atoms with Crippen LogP contribution in [0.1, 0.15) is 10.4 Å². The van der Waals surface area contributed by atoms with Gasteiger partial charge in [-0.1, -0.05) is 11.3 Å². The summed E-state index contributed by atoms with van der Waals surface area (Å²) < 4.78 is 28.5. The fraction of sp³-hybridized carbons (Fsp3) is 0. The van der Waals surface area contributed by atoms with Crippen molar-refractivity contribution in [3.8, 4) is 5.69 Å². The fourth-order valence-electron chi connectivity index (χ4n) is 1.91. The molecule has 0 unspecified atom stereocenters. The maximum Gasteiger partial charge on any atom is 0.335 e. The van der Waals surface area contributed by atoms with Gasteiger partial charge in [-0.3, -0.25) is 0 Å². The number of fused-ring (bicyclic) bond motifs is 1. The van der Waals surface area contributed by atoms with E-state index in [1.165, 1.54) is 24.3 Å². The lowest BCUT2D eigenvalue weighted by atomic mass is 10.2. The standard InChI is InChI=1S/C13H7F2N3O2/c14-8-2-1-3-9(15)12(8)18-11-6-7(13(19)20)4-5-10(11)16-17-18/h1-6H,(H,19,20). The summed E-state index contributed by atoms with van der Waals surface area (Å²) in [7, 11) is 0. The monoisotopic (exact) mass is 275 g/mol. The third-order valence-corrected chi connectivity index (χ3v) is 2.84. The van der Waals surface area contributed by atoms with Crippen LogP contribution >= 0.6 is 0 Å². The second kappa shape index (κ2) is 4.37. The molecule has 0 saturated heterocycles. The number of rotatable bonds is 2. The Morgan fingerprint density at radius 2 is 1.85 bits per heavy atom. The Labute approximate surface area is 111 Å². The van der Waals surface area contributed by atoms with Crippen LogP contribution in [0.4, 0.5) is 8.78 Å². The molecule has 3 aromatic rings. The molecule has 0 atom stereocenters. The molecule has 0 bridgehead atoms. The molecule has 5 nitrogen and oxygen atoms in total. The Balaban J connectivity index is 2.31. The van der Waals surface area contributed by atoms with Gasteiger partial charge in [0.05, 0.1) is 11.1 Å². The zero-order valence-corrected chi connectivity index (χ0v) is 9.92. The zero-order valence-electron chi connectivity index (χ0n) is 9.92. The van der Waals surface area contributed by atoms with Crippen molar-refractivity contribution in [3.05, 3.63) is 53.6 Å². The van der Waals surface area contributed by atoms with E-state index < -0.39 is 23.3 Å². The van der Waals surface area contributed by atoms with E-state index in [9.17, 15) is 13.6 Å². The first-order chi connectivity index (χ1) is 9.58. The molecule has 0 radical (unpaired) electrons. The van der Waals surface area contributed by atoms with Crippen LogP contribution < -0.4 is 0 Å². The van der Waals surface area contributed by atoms with E-state index in [0.717, 1.165) is 16.8 Å². The van der Waals surface area contributed by atoms with Crippen molar-refractivity contribution in [3.63, 3.8) is 0 Å². The summed E-state index contributed by atoms with van der Waals surface area (Å²) in [5, 5.41) is 16.4. The van der Waals surface area contributed by atoms with Crippen molar-refractivity contribution in [1.29, 1.82) is 0 Å². The largest absolute Gasteiger partial charge is 0.478 e. The highest BCUT2D eigenvalue weighted by molar-refractivity contribution is 5.92. The molecular formula is C13H7F2N3O2. The average molecular weight is 275 g/mol. The Morgan fingerprint density at radius 1 is 1.15 bits per heavy atom. The molecule has 0 spiro atoms. The van der Waals surface area contributed by atoms with Gasteiger partial charge in [-0.2, -0.15) is 0 Å². The highest BCUT2D eigenvalue weighted by Gasteiger charge is 2.16. The first-order valence-electron chi connectivity index (χ1n) is 5.61. The zero-order chi connectivity index (χ0) is 14.3.